The molecule has 0 radical (unpaired) electrons. The summed E-state index contributed by atoms with van der Waals surface area (Å²) >= 11 is 0. The molecule has 2 rings (SSSR count). The summed E-state index contributed by atoms with van der Waals surface area (Å²) in [7, 11) is 0. The number of nitrogens with one attached hydrogen (secondary N) is 1. The van der Waals surface area contributed by atoms with Gasteiger partial charge in [0, 0.05) is 12.1 Å². The van der Waals surface area contributed by atoms with Crippen LogP contribution < -0.4 is 16.0 Å². The van der Waals surface area contributed by atoms with E-state index in [1.165, 1.54) is 18.2 Å². The third kappa shape index (κ3) is 2.94. The molecule has 0 aliphatic carbocycles. The Hall–Kier alpha value is -2.72. The third-order valence-corrected chi connectivity index (χ3v) is 2.25. The van der Waals surface area contributed by atoms with Crippen molar-refractivity contribution in [1.29, 1.82) is 5.26 Å². The summed E-state index contributed by atoms with van der Waals surface area (Å²) in [5.41, 5.74) is 2.33. The fourth-order valence-corrected chi connectivity index (χ4v) is 1.44. The Balaban J connectivity index is 2.28. The molecule has 1 aromatic heterocycles. The highest BCUT2D eigenvalue weighted by Gasteiger charge is 2.07. The highest BCUT2D eigenvalue weighted by Crippen LogP contribution is 2.23. The number of hydrogen-bond donors (Lipinski definition) is 2. The van der Waals surface area contributed by atoms with Crippen molar-refractivity contribution in [2.24, 2.45) is 5.84 Å². The Kier molecular flexibility index (Phi) is 3.54. The number of ether oxygens (including phenoxy) is 1. The largest absolute Gasteiger partial charge is 0.439 e. The second kappa shape index (κ2) is 5.29. The number of nitrogens with two attached hydrogens (primary N) is 1. The number of hydrazine groups is 1. The fourth-order valence-electron chi connectivity index (χ4n) is 1.44. The molecule has 0 unspecified atom stereocenters. The van der Waals surface area contributed by atoms with Crippen LogP contribution in [0.1, 0.15) is 11.4 Å². The molecule has 2 aromatic rings. The SMILES string of the molecule is Cc1nc(NN)cc(Oc2ccc(C#N)c(F)c2)n1. The minimum Gasteiger partial charge on any atom is -0.439 e. The van der Waals surface area contributed by atoms with Crippen molar-refractivity contribution < 1.29 is 9.13 Å². The predicted molar refractivity (Wildman–Crippen MR) is 65.8 cm³/mol. The van der Waals surface area contributed by atoms with Crippen LogP contribution in [0.5, 0.6) is 11.6 Å². The Morgan fingerprint density at radius 2 is 2.16 bits per heavy atom. The minimum atomic E-state index is -0.650. The molecule has 0 aliphatic rings. The molecule has 0 bridgehead atoms. The van der Waals surface area contributed by atoms with Gasteiger partial charge in [-0.15, -0.1) is 0 Å². The zero-order valence-corrected chi connectivity index (χ0v) is 10.0. The average molecular weight is 259 g/mol. The van der Waals surface area contributed by atoms with Gasteiger partial charge in [0.1, 0.15) is 29.3 Å². The van der Waals surface area contributed by atoms with E-state index in [1.807, 2.05) is 0 Å². The quantitative estimate of drug-likeness (QED) is 0.645. The average Bonchev–Trinajstić information content (AvgIpc) is 2.38. The summed E-state index contributed by atoms with van der Waals surface area (Å²) in [6, 6.07) is 7.14. The van der Waals surface area contributed by atoms with Gasteiger partial charge in [0.25, 0.3) is 0 Å². The zero-order valence-electron chi connectivity index (χ0n) is 10.0. The van der Waals surface area contributed by atoms with Gasteiger partial charge in [-0.05, 0) is 19.1 Å². The van der Waals surface area contributed by atoms with Gasteiger partial charge in [-0.25, -0.2) is 15.2 Å². The van der Waals surface area contributed by atoms with Crippen molar-refractivity contribution in [3.8, 4) is 17.7 Å². The molecular weight excluding hydrogens is 249 g/mol. The molecule has 6 nitrogen and oxygen atoms in total. The number of anilines is 1. The van der Waals surface area contributed by atoms with Gasteiger partial charge >= 0.3 is 0 Å². The first kappa shape index (κ1) is 12.7. The summed E-state index contributed by atoms with van der Waals surface area (Å²) in [5, 5.41) is 8.63. The maximum absolute atomic E-state index is 13.4. The van der Waals surface area contributed by atoms with Gasteiger partial charge in [0.15, 0.2) is 0 Å². The van der Waals surface area contributed by atoms with E-state index in [2.05, 4.69) is 15.4 Å². The number of nitrogen functional groups attached to an aromatic ring is 1. The highest BCUT2D eigenvalue weighted by molar-refractivity contribution is 5.41. The molecule has 0 amide bonds. The Morgan fingerprint density at radius 1 is 1.37 bits per heavy atom. The van der Waals surface area contributed by atoms with Crippen LogP contribution in [0.3, 0.4) is 0 Å². The number of aryl methyl sites for hydroxylation is 1. The van der Waals surface area contributed by atoms with Gasteiger partial charge in [-0.3, -0.25) is 0 Å². The molecule has 0 aliphatic heterocycles. The van der Waals surface area contributed by atoms with E-state index in [0.717, 1.165) is 6.07 Å². The van der Waals surface area contributed by atoms with Crippen LogP contribution in [-0.4, -0.2) is 9.97 Å². The van der Waals surface area contributed by atoms with Crippen molar-refractivity contribution in [3.63, 3.8) is 0 Å². The van der Waals surface area contributed by atoms with Gasteiger partial charge in [0.05, 0.1) is 5.56 Å². The van der Waals surface area contributed by atoms with Gasteiger partial charge in [-0.1, -0.05) is 0 Å². The number of nitriles is 1. The van der Waals surface area contributed by atoms with Crippen molar-refractivity contribution in [3.05, 3.63) is 41.5 Å². The normalized spacial score (nSPS) is 9.79. The summed E-state index contributed by atoms with van der Waals surface area (Å²) < 4.78 is 18.8. The Bertz CT molecular complexity index is 653. The van der Waals surface area contributed by atoms with Gasteiger partial charge in [0.2, 0.25) is 5.88 Å². The van der Waals surface area contributed by atoms with E-state index < -0.39 is 5.82 Å². The summed E-state index contributed by atoms with van der Waals surface area (Å²) in [4.78, 5) is 8.03. The van der Waals surface area contributed by atoms with Crippen molar-refractivity contribution in [2.45, 2.75) is 6.92 Å². The van der Waals surface area contributed by atoms with E-state index in [1.54, 1.807) is 13.0 Å². The van der Waals surface area contributed by atoms with Crippen LogP contribution in [0.25, 0.3) is 0 Å². The second-order valence-electron chi connectivity index (χ2n) is 3.64. The van der Waals surface area contributed by atoms with E-state index in [4.69, 9.17) is 15.8 Å². The van der Waals surface area contributed by atoms with Crippen LogP contribution in [-0.2, 0) is 0 Å². The second-order valence-corrected chi connectivity index (χ2v) is 3.64. The van der Waals surface area contributed by atoms with Crippen LogP contribution in [0.4, 0.5) is 10.2 Å². The first-order valence-corrected chi connectivity index (χ1v) is 5.32. The lowest BCUT2D eigenvalue weighted by atomic mass is 10.2. The van der Waals surface area contributed by atoms with E-state index in [0.29, 0.717) is 11.6 Å². The molecule has 1 aromatic carbocycles. The van der Waals surface area contributed by atoms with Gasteiger partial charge in [-0.2, -0.15) is 10.2 Å². The summed E-state index contributed by atoms with van der Waals surface area (Å²) in [6.07, 6.45) is 0. The lowest BCUT2D eigenvalue weighted by Gasteiger charge is -2.07. The molecule has 7 heteroatoms. The molecule has 0 spiro atoms. The number of aromatic nitrogens is 2. The number of hydrogen-bond acceptors (Lipinski definition) is 6. The molecule has 0 saturated heterocycles. The Labute approximate surface area is 108 Å². The molecule has 0 fully saturated rings. The fraction of sp³-hybridized carbons (Fsp3) is 0.0833. The molecule has 0 atom stereocenters. The van der Waals surface area contributed by atoms with Crippen molar-refractivity contribution in [1.82, 2.24) is 9.97 Å². The van der Waals surface area contributed by atoms with Crippen LogP contribution in [0, 0.1) is 24.1 Å². The number of benzene rings is 1. The summed E-state index contributed by atoms with van der Waals surface area (Å²) in [5.74, 6) is 5.91. The topological polar surface area (TPSA) is 96.9 Å². The van der Waals surface area contributed by atoms with Crippen LogP contribution in [0.15, 0.2) is 24.3 Å². The number of halogens is 1. The molecule has 1 heterocycles. The van der Waals surface area contributed by atoms with Crippen molar-refractivity contribution in [2.75, 3.05) is 5.43 Å². The molecule has 19 heavy (non-hydrogen) atoms. The predicted octanol–water partition coefficient (Wildman–Crippen LogP) is 1.87. The lowest BCUT2D eigenvalue weighted by molar-refractivity contribution is 0.455. The zero-order chi connectivity index (χ0) is 13.8. The monoisotopic (exact) mass is 259 g/mol. The molecule has 3 N–H and O–H groups in total. The minimum absolute atomic E-state index is 0.0458. The third-order valence-electron chi connectivity index (χ3n) is 2.25. The van der Waals surface area contributed by atoms with Crippen LogP contribution >= 0.6 is 0 Å². The summed E-state index contributed by atoms with van der Waals surface area (Å²) in [6.45, 7) is 1.67. The first-order valence-electron chi connectivity index (χ1n) is 5.32. The standard InChI is InChI=1S/C12H10FN5O/c1-7-16-11(18-15)5-12(17-7)19-9-3-2-8(6-14)10(13)4-9/h2-5H,15H2,1H3,(H,16,17,18). The lowest BCUT2D eigenvalue weighted by Crippen LogP contribution is -2.09. The maximum atomic E-state index is 13.4. The number of nitrogens with zero attached hydrogens (tertiary/aromatic N) is 3. The number of rotatable bonds is 3. The van der Waals surface area contributed by atoms with E-state index in [9.17, 15) is 4.39 Å². The molecule has 0 saturated carbocycles. The van der Waals surface area contributed by atoms with E-state index >= 15 is 0 Å². The van der Waals surface area contributed by atoms with Crippen LogP contribution in [0.2, 0.25) is 0 Å². The van der Waals surface area contributed by atoms with Gasteiger partial charge < -0.3 is 10.2 Å². The molecule has 96 valence electrons. The maximum Gasteiger partial charge on any atom is 0.224 e. The highest BCUT2D eigenvalue weighted by atomic mass is 19.1. The molecular formula is C12H10FN5O. The van der Waals surface area contributed by atoms with Crippen molar-refractivity contribution >= 4 is 5.82 Å². The smallest absolute Gasteiger partial charge is 0.224 e. The van der Waals surface area contributed by atoms with E-state index in [-0.39, 0.29) is 17.2 Å². The Morgan fingerprint density at radius 3 is 2.79 bits per heavy atom. The first-order chi connectivity index (χ1) is 9.12.